The van der Waals surface area contributed by atoms with Crippen LogP contribution in [0.2, 0.25) is 0 Å². The largest absolute Gasteiger partial charge is 0.369 e. The molecule has 1 heterocycles. The number of anilines is 1. The number of hydrogen-bond donors (Lipinski definition) is 1. The first-order chi connectivity index (χ1) is 7.77. The Bertz CT molecular complexity index is 394. The van der Waals surface area contributed by atoms with Crippen LogP contribution in [-0.2, 0) is 5.41 Å². The Kier molecular flexibility index (Phi) is 4.75. The number of halogens is 1. The lowest BCUT2D eigenvalue weighted by Gasteiger charge is -2.22. The van der Waals surface area contributed by atoms with Crippen molar-refractivity contribution in [3.63, 3.8) is 0 Å². The molecule has 0 aliphatic heterocycles. The summed E-state index contributed by atoms with van der Waals surface area (Å²) in [7, 11) is 0. The highest BCUT2D eigenvalue weighted by Gasteiger charge is 2.23. The summed E-state index contributed by atoms with van der Waals surface area (Å²) < 4.78 is 1.14. The molecule has 0 amide bonds. The van der Waals surface area contributed by atoms with Gasteiger partial charge in [0.05, 0.1) is 9.26 Å². The predicted octanol–water partition coefficient (Wildman–Crippen LogP) is 3.93. The Hall–Kier alpha value is -0.390. The first-order valence-corrected chi connectivity index (χ1v) is 7.17. The molecule has 1 rings (SSSR count). The average Bonchev–Trinajstić information content (AvgIpc) is 2.19. The lowest BCUT2D eigenvalue weighted by atomic mass is 9.91. The van der Waals surface area contributed by atoms with Gasteiger partial charge >= 0.3 is 0 Å². The second-order valence-corrected chi connectivity index (χ2v) is 6.61. The summed E-state index contributed by atoms with van der Waals surface area (Å²) in [5, 5.41) is 3.32. The van der Waals surface area contributed by atoms with Crippen LogP contribution in [0.5, 0.6) is 0 Å². The molecule has 0 bridgehead atoms. The van der Waals surface area contributed by atoms with Crippen LogP contribution in [0.4, 0.5) is 5.82 Å². The predicted molar refractivity (Wildman–Crippen MR) is 81.7 cm³/mol. The Balaban J connectivity index is 3.38. The van der Waals surface area contributed by atoms with E-state index in [1.165, 1.54) is 0 Å². The van der Waals surface area contributed by atoms with E-state index >= 15 is 0 Å². The number of aromatic nitrogens is 2. The van der Waals surface area contributed by atoms with Crippen molar-refractivity contribution in [1.29, 1.82) is 0 Å². The van der Waals surface area contributed by atoms with Gasteiger partial charge in [0.15, 0.2) is 0 Å². The van der Waals surface area contributed by atoms with Gasteiger partial charge in [0.2, 0.25) is 0 Å². The normalized spacial score (nSPS) is 12.0. The second kappa shape index (κ2) is 5.50. The summed E-state index contributed by atoms with van der Waals surface area (Å²) in [6.45, 7) is 13.8. The SMILES string of the molecule is CCNc1nc(C(C)C)nc(C(C)(C)C)c1I. The first kappa shape index (κ1) is 14.7. The molecule has 0 saturated heterocycles. The van der Waals surface area contributed by atoms with E-state index in [9.17, 15) is 0 Å². The van der Waals surface area contributed by atoms with E-state index in [0.717, 1.165) is 27.5 Å². The number of hydrogen-bond acceptors (Lipinski definition) is 3. The molecule has 1 aromatic rings. The molecular weight excluding hydrogens is 325 g/mol. The third-order valence-corrected chi connectivity index (χ3v) is 3.46. The van der Waals surface area contributed by atoms with Gasteiger partial charge in [0, 0.05) is 17.9 Å². The van der Waals surface area contributed by atoms with Crippen LogP contribution < -0.4 is 5.32 Å². The van der Waals surface area contributed by atoms with Crippen LogP contribution in [0, 0.1) is 3.57 Å². The summed E-state index contributed by atoms with van der Waals surface area (Å²) >= 11 is 2.34. The summed E-state index contributed by atoms with van der Waals surface area (Å²) in [6, 6.07) is 0. The number of nitrogens with one attached hydrogen (secondary N) is 1. The average molecular weight is 347 g/mol. The van der Waals surface area contributed by atoms with E-state index < -0.39 is 0 Å². The second-order valence-electron chi connectivity index (χ2n) is 5.53. The van der Waals surface area contributed by atoms with Gasteiger partial charge in [-0.3, -0.25) is 0 Å². The maximum absolute atomic E-state index is 4.73. The van der Waals surface area contributed by atoms with E-state index in [1.807, 2.05) is 0 Å². The molecule has 0 spiro atoms. The third-order valence-electron chi connectivity index (χ3n) is 2.44. The van der Waals surface area contributed by atoms with Crippen LogP contribution >= 0.6 is 22.6 Å². The molecule has 1 N–H and O–H groups in total. The molecule has 0 fully saturated rings. The fourth-order valence-corrected chi connectivity index (χ4v) is 2.75. The summed E-state index contributed by atoms with van der Waals surface area (Å²) in [5.41, 5.74) is 1.18. The minimum absolute atomic E-state index is 0.0489. The van der Waals surface area contributed by atoms with Gasteiger partial charge in [0.1, 0.15) is 11.6 Å². The minimum atomic E-state index is 0.0489. The van der Waals surface area contributed by atoms with Gasteiger partial charge in [-0.1, -0.05) is 34.6 Å². The topological polar surface area (TPSA) is 37.8 Å². The molecular formula is C13H22IN3. The highest BCUT2D eigenvalue weighted by Crippen LogP contribution is 2.30. The van der Waals surface area contributed by atoms with Gasteiger partial charge in [-0.2, -0.15) is 0 Å². The number of nitrogens with zero attached hydrogens (tertiary/aromatic N) is 2. The standard InChI is InChI=1S/C13H22IN3/c1-7-15-12-9(14)10(13(4,5)6)16-11(17-12)8(2)3/h8H,7H2,1-6H3,(H,15,16,17). The molecule has 1 aromatic heterocycles. The molecule has 0 aromatic carbocycles. The lowest BCUT2D eigenvalue weighted by molar-refractivity contribution is 0.554. The van der Waals surface area contributed by atoms with Crippen molar-refractivity contribution in [2.45, 2.75) is 52.9 Å². The number of rotatable bonds is 3. The smallest absolute Gasteiger partial charge is 0.143 e. The maximum Gasteiger partial charge on any atom is 0.143 e. The quantitative estimate of drug-likeness (QED) is 0.842. The maximum atomic E-state index is 4.73. The van der Waals surface area contributed by atoms with E-state index in [4.69, 9.17) is 4.98 Å². The summed E-state index contributed by atoms with van der Waals surface area (Å²) in [6.07, 6.45) is 0. The van der Waals surface area contributed by atoms with Crippen LogP contribution in [0.1, 0.15) is 59.0 Å². The monoisotopic (exact) mass is 347 g/mol. The van der Waals surface area contributed by atoms with Crippen LogP contribution in [0.15, 0.2) is 0 Å². The Morgan fingerprint density at radius 3 is 2.24 bits per heavy atom. The summed E-state index contributed by atoms with van der Waals surface area (Å²) in [4.78, 5) is 9.33. The van der Waals surface area contributed by atoms with E-state index in [0.29, 0.717) is 5.92 Å². The highest BCUT2D eigenvalue weighted by molar-refractivity contribution is 14.1. The lowest BCUT2D eigenvalue weighted by Crippen LogP contribution is -2.20. The molecule has 0 aliphatic carbocycles. The highest BCUT2D eigenvalue weighted by atomic mass is 127. The Labute approximate surface area is 118 Å². The van der Waals surface area contributed by atoms with Crippen molar-refractivity contribution in [1.82, 2.24) is 9.97 Å². The minimum Gasteiger partial charge on any atom is -0.369 e. The van der Waals surface area contributed by atoms with E-state index in [1.54, 1.807) is 0 Å². The Morgan fingerprint density at radius 2 is 1.82 bits per heavy atom. The third kappa shape index (κ3) is 3.53. The molecule has 3 nitrogen and oxygen atoms in total. The molecule has 0 saturated carbocycles. The molecule has 4 heteroatoms. The molecule has 0 atom stereocenters. The van der Waals surface area contributed by atoms with Crippen LogP contribution in [0.3, 0.4) is 0 Å². The van der Waals surface area contributed by atoms with Gasteiger partial charge < -0.3 is 5.32 Å². The van der Waals surface area contributed by atoms with Crippen molar-refractivity contribution in [3.05, 3.63) is 15.1 Å². The summed E-state index contributed by atoms with van der Waals surface area (Å²) in [5.74, 6) is 2.24. The fourth-order valence-electron chi connectivity index (χ4n) is 1.50. The van der Waals surface area contributed by atoms with Gasteiger partial charge in [0.25, 0.3) is 0 Å². The van der Waals surface area contributed by atoms with E-state index in [-0.39, 0.29) is 5.41 Å². The fraction of sp³-hybridized carbons (Fsp3) is 0.692. The molecule has 0 radical (unpaired) electrons. The first-order valence-electron chi connectivity index (χ1n) is 6.09. The van der Waals surface area contributed by atoms with Gasteiger partial charge in [-0.05, 0) is 29.5 Å². The van der Waals surface area contributed by atoms with Crippen molar-refractivity contribution >= 4 is 28.4 Å². The molecule has 17 heavy (non-hydrogen) atoms. The van der Waals surface area contributed by atoms with Crippen molar-refractivity contribution < 1.29 is 0 Å². The Morgan fingerprint density at radius 1 is 1.24 bits per heavy atom. The van der Waals surface area contributed by atoms with Gasteiger partial charge in [-0.15, -0.1) is 0 Å². The molecule has 0 unspecified atom stereocenters. The van der Waals surface area contributed by atoms with Crippen LogP contribution in [-0.4, -0.2) is 16.5 Å². The van der Waals surface area contributed by atoms with Gasteiger partial charge in [-0.25, -0.2) is 9.97 Å². The van der Waals surface area contributed by atoms with Crippen molar-refractivity contribution in [2.24, 2.45) is 0 Å². The zero-order chi connectivity index (χ0) is 13.2. The van der Waals surface area contributed by atoms with Crippen LogP contribution in [0.25, 0.3) is 0 Å². The van der Waals surface area contributed by atoms with E-state index in [2.05, 4.69) is 74.4 Å². The molecule has 0 aliphatic rings. The van der Waals surface area contributed by atoms with Crippen molar-refractivity contribution in [3.8, 4) is 0 Å². The zero-order valence-electron chi connectivity index (χ0n) is 11.6. The zero-order valence-corrected chi connectivity index (χ0v) is 13.7. The molecule has 96 valence electrons. The van der Waals surface area contributed by atoms with Crippen molar-refractivity contribution in [2.75, 3.05) is 11.9 Å².